The number of halogens is 6. The summed E-state index contributed by atoms with van der Waals surface area (Å²) in [7, 11) is -1.13. The van der Waals surface area contributed by atoms with Crippen LogP contribution in [0.15, 0.2) is 72.9 Å². The first-order valence-corrected chi connectivity index (χ1v) is 21.7. The zero-order valence-electron chi connectivity index (χ0n) is 31.8. The van der Waals surface area contributed by atoms with E-state index >= 15 is 0 Å². The largest absolute Gasteiger partial charge is 0.389 e. The van der Waals surface area contributed by atoms with Gasteiger partial charge in [-0.3, -0.25) is 4.21 Å². The second-order valence-corrected chi connectivity index (χ2v) is 17.3. The van der Waals surface area contributed by atoms with Crippen molar-refractivity contribution in [2.24, 2.45) is 0 Å². The van der Waals surface area contributed by atoms with Gasteiger partial charge in [0.05, 0.1) is 9.49 Å². The quantitative estimate of drug-likeness (QED) is 0.0405. The Morgan fingerprint density at radius 3 is 1.04 bits per heavy atom. The molecule has 52 heavy (non-hydrogen) atoms. The van der Waals surface area contributed by atoms with Gasteiger partial charge in [0.2, 0.25) is 0 Å². The number of unbranched alkanes of at least 4 members (excludes halogenated alkanes) is 20. The molecule has 1 nitrogen and oxygen atoms in total. The van der Waals surface area contributed by atoms with Gasteiger partial charge in [-0.15, -0.1) is 0 Å². The van der Waals surface area contributed by atoms with Gasteiger partial charge in [-0.25, -0.2) is 0 Å². The molecule has 0 saturated carbocycles. The lowest BCUT2D eigenvalue weighted by Gasteiger charge is -2.40. The van der Waals surface area contributed by atoms with E-state index in [2.05, 4.69) is 72.9 Å². The van der Waals surface area contributed by atoms with Crippen molar-refractivity contribution >= 4 is 10.8 Å². The van der Waals surface area contributed by atoms with Gasteiger partial charge in [0.1, 0.15) is 0 Å². The second-order valence-electron chi connectivity index (χ2n) is 15.1. The van der Waals surface area contributed by atoms with Crippen LogP contribution in [0.5, 0.6) is 0 Å². The van der Waals surface area contributed by atoms with Crippen molar-refractivity contribution in [1.29, 1.82) is 0 Å². The monoisotopic (exact) mass is 758 g/mol. The van der Waals surface area contributed by atoms with E-state index in [4.69, 9.17) is 0 Å². The summed E-state index contributed by atoms with van der Waals surface area (Å²) in [5.41, 5.74) is 0. The number of hydrogen-bond donors (Lipinski definition) is 0. The predicted octanol–water partition coefficient (Wildman–Crippen LogP) is 15.6. The van der Waals surface area contributed by atoms with Crippen molar-refractivity contribution in [3.05, 3.63) is 72.9 Å². The highest BCUT2D eigenvalue weighted by atomic mass is 32.2. The van der Waals surface area contributed by atoms with Gasteiger partial charge in [0, 0.05) is 23.6 Å². The summed E-state index contributed by atoms with van der Waals surface area (Å²) >= 11 is 0. The smallest absolute Gasteiger partial charge is 0.258 e. The van der Waals surface area contributed by atoms with Crippen LogP contribution < -0.4 is 0 Å². The molecular formula is C44H68F6OS. The summed E-state index contributed by atoms with van der Waals surface area (Å²) in [6.07, 6.45) is 41.3. The van der Waals surface area contributed by atoms with Crippen LogP contribution in [0.25, 0.3) is 0 Å². The molecule has 0 aromatic heterocycles. The fraction of sp³-hybridized carbons (Fsp3) is 0.727. The molecule has 2 rings (SSSR count). The normalized spacial score (nSPS) is 21.3. The van der Waals surface area contributed by atoms with Gasteiger partial charge in [-0.05, 0) is 64.2 Å². The molecule has 0 radical (unpaired) electrons. The Morgan fingerprint density at radius 1 is 0.442 bits per heavy atom. The minimum absolute atomic E-state index is 0.255. The standard InChI is InChI=1S/C44H68F6OS/c45-43(46,47)39-31-21-17-13-9-5-1-3-7-11-15-19-25-33-41(35-27-23-28-36-41)52(51)42(37-29-24-30-38-42)34-26-20-16-12-8-4-2-6-10-14-18-22-32-40-44(48,49)50/h19-20,23-30,35,37H,1-18,21-22,31-34,36,38-40H2. The summed E-state index contributed by atoms with van der Waals surface area (Å²) in [5.74, 6) is 0. The molecule has 0 N–H and O–H groups in total. The molecule has 0 aromatic carbocycles. The van der Waals surface area contributed by atoms with Crippen LogP contribution in [0, 0.1) is 0 Å². The van der Waals surface area contributed by atoms with Crippen LogP contribution in [-0.4, -0.2) is 26.1 Å². The van der Waals surface area contributed by atoms with Crippen LogP contribution in [0.3, 0.4) is 0 Å². The Kier molecular flexibility index (Phi) is 23.9. The maximum absolute atomic E-state index is 14.6. The average molecular weight is 759 g/mol. The van der Waals surface area contributed by atoms with Crippen LogP contribution in [0.1, 0.15) is 180 Å². The maximum Gasteiger partial charge on any atom is 0.389 e. The molecule has 0 spiro atoms. The molecule has 2 aliphatic carbocycles. The van der Waals surface area contributed by atoms with Gasteiger partial charge in [0.25, 0.3) is 0 Å². The van der Waals surface area contributed by atoms with Gasteiger partial charge < -0.3 is 0 Å². The predicted molar refractivity (Wildman–Crippen MR) is 210 cm³/mol. The van der Waals surface area contributed by atoms with Crippen LogP contribution in [0.2, 0.25) is 0 Å². The minimum Gasteiger partial charge on any atom is -0.258 e. The summed E-state index contributed by atoms with van der Waals surface area (Å²) in [6.45, 7) is 0. The third-order valence-corrected chi connectivity index (χ3v) is 12.8. The lowest BCUT2D eigenvalue weighted by atomic mass is 9.94. The first-order chi connectivity index (χ1) is 25.0. The lowest BCUT2D eigenvalue weighted by Crippen LogP contribution is -2.46. The van der Waals surface area contributed by atoms with Gasteiger partial charge in [-0.1, -0.05) is 176 Å². The minimum atomic E-state index is -4.02. The first kappa shape index (κ1) is 46.3. The second kappa shape index (κ2) is 26.9. The average Bonchev–Trinajstić information content (AvgIpc) is 3.11. The molecule has 0 heterocycles. The molecule has 0 amide bonds. The number of alkyl halides is 6. The number of rotatable bonds is 30. The first-order valence-electron chi connectivity index (χ1n) is 20.5. The highest BCUT2D eigenvalue weighted by molar-refractivity contribution is 7.88. The van der Waals surface area contributed by atoms with E-state index in [1.807, 2.05) is 0 Å². The van der Waals surface area contributed by atoms with Crippen molar-refractivity contribution in [3.63, 3.8) is 0 Å². The molecule has 0 fully saturated rings. The van der Waals surface area contributed by atoms with E-state index in [1.165, 1.54) is 38.5 Å². The van der Waals surface area contributed by atoms with Crippen molar-refractivity contribution < 1.29 is 30.6 Å². The Morgan fingerprint density at radius 2 is 0.750 bits per heavy atom. The highest BCUT2D eigenvalue weighted by Gasteiger charge is 2.45. The van der Waals surface area contributed by atoms with Crippen LogP contribution in [-0.2, 0) is 10.8 Å². The van der Waals surface area contributed by atoms with Gasteiger partial charge in [-0.2, -0.15) is 26.3 Å². The van der Waals surface area contributed by atoms with E-state index < -0.39 is 45.5 Å². The fourth-order valence-corrected chi connectivity index (χ4v) is 9.43. The Balaban J connectivity index is 1.65. The van der Waals surface area contributed by atoms with E-state index in [9.17, 15) is 30.6 Å². The van der Waals surface area contributed by atoms with Crippen molar-refractivity contribution in [2.45, 2.75) is 202 Å². The maximum atomic E-state index is 14.6. The molecule has 2 unspecified atom stereocenters. The Bertz CT molecular complexity index is 1040. The van der Waals surface area contributed by atoms with E-state index in [1.54, 1.807) is 0 Å². The molecule has 0 aromatic rings. The Labute approximate surface area is 315 Å². The molecule has 298 valence electrons. The summed E-state index contributed by atoms with van der Waals surface area (Å²) in [6, 6.07) is 0. The van der Waals surface area contributed by atoms with Crippen molar-refractivity contribution in [2.75, 3.05) is 0 Å². The van der Waals surface area contributed by atoms with E-state index in [0.29, 0.717) is 12.8 Å². The highest BCUT2D eigenvalue weighted by Crippen LogP contribution is 2.41. The molecule has 2 atom stereocenters. The van der Waals surface area contributed by atoms with Crippen molar-refractivity contribution in [1.82, 2.24) is 0 Å². The molecule has 0 bridgehead atoms. The summed E-state index contributed by atoms with van der Waals surface area (Å²) in [5, 5.41) is 0. The van der Waals surface area contributed by atoms with Gasteiger partial charge in [0.15, 0.2) is 0 Å². The van der Waals surface area contributed by atoms with E-state index in [-0.39, 0.29) is 12.8 Å². The van der Waals surface area contributed by atoms with Crippen molar-refractivity contribution in [3.8, 4) is 0 Å². The molecule has 8 heteroatoms. The lowest BCUT2D eigenvalue weighted by molar-refractivity contribution is -0.136. The molecular weight excluding hydrogens is 691 g/mol. The third-order valence-electron chi connectivity index (χ3n) is 10.4. The van der Waals surface area contributed by atoms with Crippen LogP contribution in [0.4, 0.5) is 26.3 Å². The third kappa shape index (κ3) is 21.8. The topological polar surface area (TPSA) is 17.1 Å². The van der Waals surface area contributed by atoms with Crippen LogP contribution >= 0.6 is 0 Å². The molecule has 2 aliphatic rings. The fourth-order valence-electron chi connectivity index (χ4n) is 7.23. The zero-order valence-corrected chi connectivity index (χ0v) is 32.6. The number of allylic oxidation sites excluding steroid dienone is 10. The van der Waals surface area contributed by atoms with E-state index in [0.717, 1.165) is 103 Å². The van der Waals surface area contributed by atoms with Gasteiger partial charge >= 0.3 is 12.4 Å². The molecule has 0 aliphatic heterocycles. The number of hydrogen-bond acceptors (Lipinski definition) is 1. The summed E-state index contributed by atoms with van der Waals surface area (Å²) < 4.78 is 87.0. The SMILES string of the molecule is O=S(C1(CC=CCCCCCCCCCCCCC(F)(F)F)C=CC=CC1)C1(CC=CCCCCCCCCCCCCC(F)(F)F)C=CC=CC1. The Hall–Kier alpha value is -1.83. The molecule has 0 saturated heterocycles. The summed E-state index contributed by atoms with van der Waals surface area (Å²) in [4.78, 5) is 0. The zero-order chi connectivity index (χ0) is 37.9.